The molecule has 0 heterocycles. The van der Waals surface area contributed by atoms with Crippen molar-refractivity contribution in [2.75, 3.05) is 27.2 Å². The summed E-state index contributed by atoms with van der Waals surface area (Å²) in [6.45, 7) is 5.35. The van der Waals surface area contributed by atoms with E-state index in [2.05, 4.69) is 25.2 Å². The van der Waals surface area contributed by atoms with E-state index in [0.717, 1.165) is 30.7 Å². The lowest BCUT2D eigenvalue weighted by Gasteiger charge is -2.21. The van der Waals surface area contributed by atoms with E-state index in [-0.39, 0.29) is 18.6 Å². The minimum absolute atomic E-state index is 0.0330. The van der Waals surface area contributed by atoms with E-state index in [9.17, 15) is 4.79 Å². The summed E-state index contributed by atoms with van der Waals surface area (Å²) in [5.74, 6) is 0.757. The van der Waals surface area contributed by atoms with Crippen LogP contribution in [0.5, 0.6) is 5.75 Å². The van der Waals surface area contributed by atoms with Crippen molar-refractivity contribution in [2.24, 2.45) is 0 Å². The highest BCUT2D eigenvalue weighted by molar-refractivity contribution is 5.77. The first-order valence-corrected chi connectivity index (χ1v) is 7.25. The molecule has 1 N–H and O–H groups in total. The second-order valence-corrected chi connectivity index (χ2v) is 5.03. The van der Waals surface area contributed by atoms with Gasteiger partial charge in [-0.15, -0.1) is 0 Å². The number of likely N-dealkylation sites (N-methyl/N-ethyl adjacent to an activating group) is 1. The smallest absolute Gasteiger partial charge is 0.259 e. The van der Waals surface area contributed by atoms with Gasteiger partial charge in [-0.3, -0.25) is 4.79 Å². The van der Waals surface area contributed by atoms with Crippen molar-refractivity contribution in [2.45, 2.75) is 32.7 Å². The topological polar surface area (TPSA) is 41.6 Å². The highest BCUT2D eigenvalue weighted by Gasteiger charge is 2.14. The molecule has 4 heteroatoms. The minimum Gasteiger partial charge on any atom is -0.483 e. The number of nitrogens with one attached hydrogen (secondary N) is 1. The van der Waals surface area contributed by atoms with Gasteiger partial charge in [-0.05, 0) is 25.5 Å². The molecule has 0 bridgehead atoms. The number of carbonyl (C=O) groups is 1. The third-order valence-corrected chi connectivity index (χ3v) is 3.19. The van der Waals surface area contributed by atoms with Crippen molar-refractivity contribution in [3.63, 3.8) is 0 Å². The summed E-state index contributed by atoms with van der Waals surface area (Å²) in [5.41, 5.74) is 1.12. The van der Waals surface area contributed by atoms with Crippen molar-refractivity contribution in [1.29, 1.82) is 0 Å². The van der Waals surface area contributed by atoms with Crippen molar-refractivity contribution < 1.29 is 9.53 Å². The zero-order valence-electron chi connectivity index (χ0n) is 13.0. The lowest BCUT2D eigenvalue weighted by molar-refractivity contribution is -0.130. The number of amides is 1. The normalized spacial score (nSPS) is 12.0. The Kier molecular flexibility index (Phi) is 7.09. The number of nitrogens with zero attached hydrogens (tertiary/aromatic N) is 1. The summed E-state index contributed by atoms with van der Waals surface area (Å²) in [4.78, 5) is 13.2. The minimum atomic E-state index is -0.0330. The van der Waals surface area contributed by atoms with Crippen LogP contribution >= 0.6 is 0 Å². The molecular weight excluding hydrogens is 252 g/mol. The molecule has 1 rings (SSSR count). The quantitative estimate of drug-likeness (QED) is 0.794. The van der Waals surface area contributed by atoms with Gasteiger partial charge in [0, 0.05) is 25.7 Å². The molecule has 112 valence electrons. The fraction of sp³-hybridized carbons (Fsp3) is 0.562. The van der Waals surface area contributed by atoms with Crippen LogP contribution in [-0.4, -0.2) is 38.1 Å². The number of benzene rings is 1. The molecule has 0 aromatic heterocycles. The third-order valence-electron chi connectivity index (χ3n) is 3.19. The predicted octanol–water partition coefficient (Wildman–Crippen LogP) is 2.60. The van der Waals surface area contributed by atoms with Crippen LogP contribution < -0.4 is 10.1 Å². The number of hydrogen-bond acceptors (Lipinski definition) is 3. The summed E-state index contributed by atoms with van der Waals surface area (Å²) >= 11 is 0. The first-order chi connectivity index (χ1) is 9.60. The van der Waals surface area contributed by atoms with Crippen LogP contribution in [0.3, 0.4) is 0 Å². The van der Waals surface area contributed by atoms with Crippen molar-refractivity contribution in [3.05, 3.63) is 29.8 Å². The molecule has 20 heavy (non-hydrogen) atoms. The molecule has 0 fully saturated rings. The van der Waals surface area contributed by atoms with Gasteiger partial charge in [-0.1, -0.05) is 32.0 Å². The van der Waals surface area contributed by atoms with E-state index in [4.69, 9.17) is 4.74 Å². The maximum atomic E-state index is 11.6. The summed E-state index contributed by atoms with van der Waals surface area (Å²) in [6.07, 6.45) is 2.08. The van der Waals surface area contributed by atoms with Gasteiger partial charge in [-0.2, -0.15) is 0 Å². The Balaban J connectivity index is 2.78. The molecule has 1 amide bonds. The first-order valence-electron chi connectivity index (χ1n) is 7.25. The fourth-order valence-electron chi connectivity index (χ4n) is 1.96. The maximum Gasteiger partial charge on any atom is 0.259 e. The van der Waals surface area contributed by atoms with Crippen LogP contribution in [-0.2, 0) is 4.79 Å². The Morgan fingerprint density at radius 1 is 1.30 bits per heavy atom. The zero-order valence-corrected chi connectivity index (χ0v) is 13.0. The van der Waals surface area contributed by atoms with Crippen LogP contribution in [0, 0.1) is 0 Å². The lowest BCUT2D eigenvalue weighted by Crippen LogP contribution is -2.28. The molecule has 0 saturated carbocycles. The van der Waals surface area contributed by atoms with Crippen LogP contribution in [0.2, 0.25) is 0 Å². The van der Waals surface area contributed by atoms with Gasteiger partial charge in [0.05, 0.1) is 0 Å². The van der Waals surface area contributed by atoms with E-state index in [1.165, 1.54) is 4.90 Å². The summed E-state index contributed by atoms with van der Waals surface area (Å²) in [5, 5.41) is 3.51. The molecule has 0 spiro atoms. The molecule has 4 nitrogen and oxygen atoms in total. The van der Waals surface area contributed by atoms with Gasteiger partial charge in [-0.25, -0.2) is 0 Å². The predicted molar refractivity (Wildman–Crippen MR) is 82.0 cm³/mol. The second-order valence-electron chi connectivity index (χ2n) is 5.03. The third kappa shape index (κ3) is 4.85. The highest BCUT2D eigenvalue weighted by Crippen LogP contribution is 2.27. The molecule has 0 aliphatic rings. The Hall–Kier alpha value is -1.55. The highest BCUT2D eigenvalue weighted by atomic mass is 16.5. The number of rotatable bonds is 8. The van der Waals surface area contributed by atoms with E-state index >= 15 is 0 Å². The average molecular weight is 278 g/mol. The number of carbonyl (C=O) groups excluding carboxylic acids is 1. The van der Waals surface area contributed by atoms with Gasteiger partial charge >= 0.3 is 0 Å². The lowest BCUT2D eigenvalue weighted by atomic mass is 10.0. The summed E-state index contributed by atoms with van der Waals surface area (Å²) in [7, 11) is 3.46. The SMILES string of the molecule is CCCNC(CC)c1ccccc1OCC(=O)N(C)C. The largest absolute Gasteiger partial charge is 0.483 e. The molecule has 0 aliphatic heterocycles. The molecule has 0 radical (unpaired) electrons. The molecule has 1 unspecified atom stereocenters. The van der Waals surface area contributed by atoms with E-state index < -0.39 is 0 Å². The number of ether oxygens (including phenoxy) is 1. The van der Waals surface area contributed by atoms with Gasteiger partial charge in [0.2, 0.25) is 0 Å². The molecule has 0 aliphatic carbocycles. The van der Waals surface area contributed by atoms with Gasteiger partial charge < -0.3 is 15.0 Å². The molecule has 0 saturated heterocycles. The Morgan fingerprint density at radius 3 is 2.60 bits per heavy atom. The monoisotopic (exact) mass is 278 g/mol. The summed E-state index contributed by atoms with van der Waals surface area (Å²) in [6, 6.07) is 8.19. The molecule has 1 aromatic rings. The van der Waals surface area contributed by atoms with Crippen molar-refractivity contribution >= 4 is 5.91 Å². The Labute approximate surface area is 122 Å². The van der Waals surface area contributed by atoms with Crippen LogP contribution in [0.1, 0.15) is 38.3 Å². The maximum absolute atomic E-state index is 11.6. The fourth-order valence-corrected chi connectivity index (χ4v) is 1.96. The number of para-hydroxylation sites is 1. The second kappa shape index (κ2) is 8.59. The van der Waals surface area contributed by atoms with Gasteiger partial charge in [0.25, 0.3) is 5.91 Å². The Morgan fingerprint density at radius 2 is 2.00 bits per heavy atom. The summed E-state index contributed by atoms with van der Waals surface area (Å²) < 4.78 is 5.69. The van der Waals surface area contributed by atoms with Gasteiger partial charge in [0.15, 0.2) is 6.61 Å². The van der Waals surface area contributed by atoms with Gasteiger partial charge in [0.1, 0.15) is 5.75 Å². The average Bonchev–Trinajstić information content (AvgIpc) is 2.46. The van der Waals surface area contributed by atoms with Crippen molar-refractivity contribution in [1.82, 2.24) is 10.2 Å². The van der Waals surface area contributed by atoms with E-state index in [1.54, 1.807) is 14.1 Å². The molecule has 1 aromatic carbocycles. The zero-order chi connectivity index (χ0) is 15.0. The Bertz CT molecular complexity index is 419. The van der Waals surface area contributed by atoms with Crippen molar-refractivity contribution in [3.8, 4) is 5.75 Å². The molecular formula is C16H26N2O2. The van der Waals surface area contributed by atoms with Crippen LogP contribution in [0.15, 0.2) is 24.3 Å². The van der Waals surface area contributed by atoms with Crippen LogP contribution in [0.25, 0.3) is 0 Å². The standard InChI is InChI=1S/C16H26N2O2/c1-5-11-17-14(6-2)13-9-7-8-10-15(13)20-12-16(19)18(3)4/h7-10,14,17H,5-6,11-12H2,1-4H3. The molecule has 1 atom stereocenters. The van der Waals surface area contributed by atoms with E-state index in [1.807, 2.05) is 18.2 Å². The van der Waals surface area contributed by atoms with Crippen LogP contribution in [0.4, 0.5) is 0 Å². The first kappa shape index (κ1) is 16.5. The van der Waals surface area contributed by atoms with E-state index in [0.29, 0.717) is 0 Å². The number of hydrogen-bond donors (Lipinski definition) is 1.